The lowest BCUT2D eigenvalue weighted by molar-refractivity contribution is -0.678. The first kappa shape index (κ1) is 32.5. The fourth-order valence-electron chi connectivity index (χ4n) is 5.82. The van der Waals surface area contributed by atoms with Gasteiger partial charge in [0.15, 0.2) is 6.54 Å². The van der Waals surface area contributed by atoms with Crippen LogP contribution in [0.1, 0.15) is 31.6 Å². The van der Waals surface area contributed by atoms with Crippen molar-refractivity contribution in [2.45, 2.75) is 32.2 Å². The number of unbranched alkanes of at least 4 members (excludes halogenated alkanes) is 2. The number of aromatic nitrogens is 1. The summed E-state index contributed by atoms with van der Waals surface area (Å²) in [4.78, 5) is 2.05. The predicted octanol–water partition coefficient (Wildman–Crippen LogP) is 5.94. The molecule has 0 amide bonds. The molecular formula is C35H34N3O7S2-. The largest absolute Gasteiger partial charge is 0.748 e. The van der Waals surface area contributed by atoms with Crippen molar-refractivity contribution in [3.63, 3.8) is 0 Å². The van der Waals surface area contributed by atoms with Gasteiger partial charge in [-0.05, 0) is 59.7 Å². The normalized spacial score (nSPS) is 14.1. The number of benzene rings is 4. The van der Waals surface area contributed by atoms with E-state index in [2.05, 4.69) is 16.3 Å². The molecule has 0 spiro atoms. The van der Waals surface area contributed by atoms with Gasteiger partial charge in [0.05, 0.1) is 37.7 Å². The summed E-state index contributed by atoms with van der Waals surface area (Å²) in [6, 6.07) is 31.9. The molecule has 0 fully saturated rings. The van der Waals surface area contributed by atoms with Crippen molar-refractivity contribution in [2.75, 3.05) is 28.3 Å². The average molecular weight is 673 g/mol. The van der Waals surface area contributed by atoms with Crippen LogP contribution in [0.4, 0.5) is 11.4 Å². The number of nitrogens with zero attached hydrogens (tertiary/aromatic N) is 2. The first-order valence-corrected chi connectivity index (χ1v) is 18.5. The summed E-state index contributed by atoms with van der Waals surface area (Å²) in [5.74, 6) is 0.341. The third-order valence-corrected chi connectivity index (χ3v) is 9.68. The van der Waals surface area contributed by atoms with Gasteiger partial charge in [-0.25, -0.2) is 16.8 Å². The van der Waals surface area contributed by atoms with Crippen molar-refractivity contribution >= 4 is 48.8 Å². The summed E-state index contributed by atoms with van der Waals surface area (Å²) in [5.41, 5.74) is 7.31. The van der Waals surface area contributed by atoms with Crippen molar-refractivity contribution in [1.29, 1.82) is 0 Å². The molecule has 0 unspecified atom stereocenters. The Morgan fingerprint density at radius 2 is 1.30 bits per heavy atom. The van der Waals surface area contributed by atoms with Crippen LogP contribution in [0.3, 0.4) is 0 Å². The Morgan fingerprint density at radius 1 is 0.702 bits per heavy atom. The van der Waals surface area contributed by atoms with Crippen molar-refractivity contribution in [2.24, 2.45) is 0 Å². The number of fused-ring (bicyclic) bond motifs is 2. The molecule has 5 aromatic rings. The van der Waals surface area contributed by atoms with Crippen LogP contribution in [-0.2, 0) is 26.8 Å². The van der Waals surface area contributed by atoms with E-state index in [-0.39, 0.29) is 12.8 Å². The van der Waals surface area contributed by atoms with E-state index < -0.39 is 31.7 Å². The lowest BCUT2D eigenvalue weighted by Crippen LogP contribution is -2.36. The maximum atomic E-state index is 11.3. The summed E-state index contributed by atoms with van der Waals surface area (Å²) in [6.45, 7) is 0.853. The number of rotatable bonds is 13. The molecule has 10 nitrogen and oxygen atoms in total. The van der Waals surface area contributed by atoms with Gasteiger partial charge in [0.25, 0.3) is 5.52 Å². The molecule has 0 saturated heterocycles. The van der Waals surface area contributed by atoms with Gasteiger partial charge in [0.2, 0.25) is 5.58 Å². The van der Waals surface area contributed by atoms with E-state index in [0.29, 0.717) is 43.2 Å². The second-order valence-corrected chi connectivity index (χ2v) is 14.5. The zero-order valence-corrected chi connectivity index (χ0v) is 27.2. The fourth-order valence-corrected chi connectivity index (χ4v) is 6.94. The van der Waals surface area contributed by atoms with Crippen molar-refractivity contribution < 1.29 is 34.9 Å². The monoisotopic (exact) mass is 672 g/mol. The molecule has 0 radical (unpaired) electrons. The van der Waals surface area contributed by atoms with Crippen molar-refractivity contribution in [3.8, 4) is 22.3 Å². The third-order valence-electron chi connectivity index (χ3n) is 8.10. The van der Waals surface area contributed by atoms with Gasteiger partial charge < -0.3 is 23.7 Å². The minimum absolute atomic E-state index is 0.209. The van der Waals surface area contributed by atoms with Crippen molar-refractivity contribution in [1.82, 2.24) is 0 Å². The van der Waals surface area contributed by atoms with Crippen molar-refractivity contribution in [3.05, 3.63) is 109 Å². The molecule has 1 aliphatic heterocycles. The molecule has 4 aromatic carbocycles. The van der Waals surface area contributed by atoms with Gasteiger partial charge in [-0.15, -0.1) is 0 Å². The molecular weight excluding hydrogens is 639 g/mol. The average Bonchev–Trinajstić information content (AvgIpc) is 3.57. The third kappa shape index (κ3) is 8.09. The minimum Gasteiger partial charge on any atom is -0.748 e. The molecule has 1 aliphatic rings. The molecule has 0 atom stereocenters. The SMILES string of the molecule is O=S(=O)([O-])CCCCN1C(=Cc2oc3ccc(-c4ccccc4)cc3[n+]2CCCCS(=O)(=O)[O-])Nc2ccc(-c3ccccc3)cc21. The predicted molar refractivity (Wildman–Crippen MR) is 180 cm³/mol. The van der Waals surface area contributed by atoms with E-state index >= 15 is 0 Å². The molecule has 0 bridgehead atoms. The Labute approximate surface area is 274 Å². The lowest BCUT2D eigenvalue weighted by atomic mass is 10.0. The highest BCUT2D eigenvalue weighted by molar-refractivity contribution is 7.85. The summed E-state index contributed by atoms with van der Waals surface area (Å²) >= 11 is 0. The highest BCUT2D eigenvalue weighted by Crippen LogP contribution is 2.40. The molecule has 244 valence electrons. The topological polar surface area (TPSA) is 147 Å². The van der Waals surface area contributed by atoms with Gasteiger partial charge in [-0.1, -0.05) is 72.8 Å². The Bertz CT molecular complexity index is 2130. The van der Waals surface area contributed by atoms with Crippen LogP contribution in [0.15, 0.2) is 107 Å². The van der Waals surface area contributed by atoms with E-state index in [1.54, 1.807) is 0 Å². The van der Waals surface area contributed by atoms with Crippen LogP contribution in [-0.4, -0.2) is 44.0 Å². The number of oxazole rings is 1. The molecule has 1 N–H and O–H groups in total. The van der Waals surface area contributed by atoms with Crippen LogP contribution in [0.25, 0.3) is 39.4 Å². The fraction of sp³-hybridized carbons (Fsp3) is 0.229. The van der Waals surface area contributed by atoms with Gasteiger partial charge in [0.1, 0.15) is 5.82 Å². The van der Waals surface area contributed by atoms with Crippen LogP contribution >= 0.6 is 0 Å². The van der Waals surface area contributed by atoms with Gasteiger partial charge in [-0.2, -0.15) is 4.57 Å². The van der Waals surface area contributed by atoms with Gasteiger partial charge >= 0.3 is 5.89 Å². The first-order valence-electron chi connectivity index (χ1n) is 15.4. The Kier molecular flexibility index (Phi) is 9.46. The molecule has 0 saturated carbocycles. The summed E-state index contributed by atoms with van der Waals surface area (Å²) in [6.07, 6.45) is 3.20. The summed E-state index contributed by atoms with van der Waals surface area (Å²) < 4.78 is 76.0. The molecule has 0 aliphatic carbocycles. The molecule has 6 rings (SSSR count). The number of nitrogens with one attached hydrogen (secondary N) is 1. The summed E-state index contributed by atoms with van der Waals surface area (Å²) in [5, 5.41) is 3.48. The standard InChI is InChI=1S/C35H35N3O7S2/c39-46(40,41)21-9-7-19-37-31-23-28(26-11-3-1-4-12-26)15-17-30(31)36-34(37)25-35-38(20-8-10-22-47(42,43)44)32-24-29(16-18-33(32)45-35)27-13-5-2-6-14-27/h1-6,11-18,23-25H,7-10,19-22H2,(H2,39,40,41,42,43,44)/p-1. The van der Waals surface area contributed by atoms with E-state index in [1.807, 2.05) is 102 Å². The van der Waals surface area contributed by atoms with Gasteiger partial charge in [-0.3, -0.25) is 0 Å². The second-order valence-electron chi connectivity index (χ2n) is 11.5. The van der Waals surface area contributed by atoms with E-state index in [0.717, 1.165) is 39.1 Å². The van der Waals surface area contributed by atoms with E-state index in [1.165, 1.54) is 0 Å². The summed E-state index contributed by atoms with van der Waals surface area (Å²) in [7, 11) is -8.65. The van der Waals surface area contributed by atoms with E-state index in [4.69, 9.17) is 4.42 Å². The maximum absolute atomic E-state index is 11.3. The molecule has 47 heavy (non-hydrogen) atoms. The lowest BCUT2D eigenvalue weighted by Gasteiger charge is -2.20. The zero-order chi connectivity index (χ0) is 33.0. The highest BCUT2D eigenvalue weighted by Gasteiger charge is 2.28. The van der Waals surface area contributed by atoms with Gasteiger partial charge in [0, 0.05) is 30.5 Å². The number of anilines is 2. The quantitative estimate of drug-likeness (QED) is 0.0913. The minimum atomic E-state index is -4.33. The highest BCUT2D eigenvalue weighted by atomic mass is 32.2. The maximum Gasteiger partial charge on any atom is 0.377 e. The Morgan fingerprint density at radius 3 is 1.94 bits per heavy atom. The van der Waals surface area contributed by atoms with Crippen LogP contribution in [0.2, 0.25) is 0 Å². The molecule has 1 aromatic heterocycles. The van der Waals surface area contributed by atoms with Crippen LogP contribution in [0, 0.1) is 0 Å². The smallest absolute Gasteiger partial charge is 0.377 e. The van der Waals surface area contributed by atoms with E-state index in [9.17, 15) is 25.9 Å². The first-order chi connectivity index (χ1) is 22.5. The number of aryl methyl sites for hydroxylation is 1. The molecule has 12 heteroatoms. The van der Waals surface area contributed by atoms with Crippen LogP contribution < -0.4 is 14.8 Å². The number of hydrogen-bond donors (Lipinski definition) is 1. The Hall–Kier alpha value is -4.49. The Balaban J connectivity index is 1.39. The van der Waals surface area contributed by atoms with Crippen LogP contribution in [0.5, 0.6) is 0 Å². The second kappa shape index (κ2) is 13.7. The number of hydrogen-bond acceptors (Lipinski definition) is 9. The molecule has 2 heterocycles. The zero-order valence-electron chi connectivity index (χ0n) is 25.5.